The Kier molecular flexibility index (Phi) is 3.31. The molecule has 6 heteroatoms. The fraction of sp³-hybridized carbons (Fsp3) is 0.429. The molecule has 1 fully saturated rings. The van der Waals surface area contributed by atoms with Crippen LogP contribution in [0.4, 0.5) is 5.69 Å². The van der Waals surface area contributed by atoms with Crippen LogP contribution >= 0.6 is 0 Å². The molecular weight excluding hydrogens is 256 g/mol. The topological polar surface area (TPSA) is 95.2 Å². The minimum Gasteiger partial charge on any atom is -0.399 e. The number of benzene rings is 1. The van der Waals surface area contributed by atoms with Gasteiger partial charge in [0.2, 0.25) is 0 Å². The van der Waals surface area contributed by atoms with Crippen molar-refractivity contribution in [3.05, 3.63) is 23.9 Å². The molecule has 0 radical (unpaired) electrons. The van der Waals surface area contributed by atoms with Crippen molar-refractivity contribution in [2.45, 2.75) is 12.8 Å². The fourth-order valence-corrected chi connectivity index (χ4v) is 2.66. The highest BCUT2D eigenvalue weighted by atomic mass is 16.3. The lowest BCUT2D eigenvalue weighted by Crippen LogP contribution is -2.39. The number of anilines is 1. The summed E-state index contributed by atoms with van der Waals surface area (Å²) in [5, 5.41) is 16.9. The molecule has 1 aliphatic heterocycles. The second-order valence-corrected chi connectivity index (χ2v) is 5.30. The molecule has 0 saturated carbocycles. The summed E-state index contributed by atoms with van der Waals surface area (Å²) in [6, 6.07) is 5.38. The maximum atomic E-state index is 12.5. The Morgan fingerprint density at radius 3 is 2.90 bits per heavy atom. The molecule has 2 heterocycles. The van der Waals surface area contributed by atoms with Crippen LogP contribution in [-0.2, 0) is 0 Å². The number of carbonyl (C=O) groups excluding carboxylic acids is 1. The van der Waals surface area contributed by atoms with E-state index in [0.717, 1.165) is 23.7 Å². The molecule has 1 amide bonds. The third kappa shape index (κ3) is 2.22. The fourth-order valence-electron chi connectivity index (χ4n) is 2.66. The maximum absolute atomic E-state index is 12.5. The third-order valence-corrected chi connectivity index (χ3v) is 3.95. The van der Waals surface area contributed by atoms with E-state index in [-0.39, 0.29) is 12.5 Å². The Morgan fingerprint density at radius 2 is 2.20 bits per heavy atom. The molecule has 1 saturated heterocycles. The van der Waals surface area contributed by atoms with Gasteiger partial charge in [-0.2, -0.15) is 5.10 Å². The average molecular weight is 274 g/mol. The average Bonchev–Trinajstić information content (AvgIpc) is 2.89. The van der Waals surface area contributed by atoms with E-state index < -0.39 is 0 Å². The number of aromatic amines is 1. The number of hydrogen-bond acceptors (Lipinski definition) is 4. The molecule has 0 bridgehead atoms. The molecule has 20 heavy (non-hydrogen) atoms. The van der Waals surface area contributed by atoms with Crippen molar-refractivity contribution < 1.29 is 9.90 Å². The number of nitrogens with one attached hydrogen (secondary N) is 1. The number of hydrogen-bond donors (Lipinski definition) is 3. The number of nitrogens with two attached hydrogens (primary N) is 1. The van der Waals surface area contributed by atoms with E-state index >= 15 is 0 Å². The van der Waals surface area contributed by atoms with Crippen molar-refractivity contribution in [1.82, 2.24) is 15.1 Å². The quantitative estimate of drug-likeness (QED) is 0.712. The zero-order valence-corrected chi connectivity index (χ0v) is 11.2. The number of fused-ring (bicyclic) bond motifs is 1. The number of carbonyl (C=O) groups is 1. The van der Waals surface area contributed by atoms with Crippen molar-refractivity contribution in [3.63, 3.8) is 0 Å². The predicted molar refractivity (Wildman–Crippen MR) is 76.2 cm³/mol. The molecule has 0 spiro atoms. The molecular formula is C14H18N4O2. The Labute approximate surface area is 116 Å². The van der Waals surface area contributed by atoms with Crippen LogP contribution in [0.5, 0.6) is 0 Å². The summed E-state index contributed by atoms with van der Waals surface area (Å²) >= 11 is 0. The Bertz CT molecular complexity index is 629. The molecule has 1 aromatic heterocycles. The van der Waals surface area contributed by atoms with E-state index in [1.54, 1.807) is 17.0 Å². The molecule has 106 valence electrons. The van der Waals surface area contributed by atoms with E-state index in [2.05, 4.69) is 10.2 Å². The summed E-state index contributed by atoms with van der Waals surface area (Å²) < 4.78 is 0. The molecule has 0 atom stereocenters. The lowest BCUT2D eigenvalue weighted by atomic mass is 9.97. The van der Waals surface area contributed by atoms with Gasteiger partial charge in [0.1, 0.15) is 0 Å². The third-order valence-electron chi connectivity index (χ3n) is 3.95. The highest BCUT2D eigenvalue weighted by Crippen LogP contribution is 2.23. The SMILES string of the molecule is Nc1ccc2[nH]nc(C(=O)N3CCC(CO)CC3)c2c1. The van der Waals surface area contributed by atoms with Gasteiger partial charge >= 0.3 is 0 Å². The Morgan fingerprint density at radius 1 is 1.45 bits per heavy atom. The summed E-state index contributed by atoms with van der Waals surface area (Å²) in [4.78, 5) is 14.3. The molecule has 2 aromatic rings. The van der Waals surface area contributed by atoms with Crippen LogP contribution in [0.3, 0.4) is 0 Å². The highest BCUT2D eigenvalue weighted by molar-refractivity contribution is 6.05. The normalized spacial score (nSPS) is 16.8. The van der Waals surface area contributed by atoms with Crippen molar-refractivity contribution in [1.29, 1.82) is 0 Å². The zero-order chi connectivity index (χ0) is 14.1. The molecule has 0 aliphatic carbocycles. The lowest BCUT2D eigenvalue weighted by molar-refractivity contribution is 0.0647. The second-order valence-electron chi connectivity index (χ2n) is 5.30. The van der Waals surface area contributed by atoms with Crippen molar-refractivity contribution >= 4 is 22.5 Å². The molecule has 3 rings (SSSR count). The number of H-pyrrole nitrogens is 1. The van der Waals surface area contributed by atoms with Crippen LogP contribution in [0.25, 0.3) is 10.9 Å². The van der Waals surface area contributed by atoms with Gasteiger partial charge in [0.25, 0.3) is 5.91 Å². The molecule has 1 aromatic carbocycles. The predicted octanol–water partition coefficient (Wildman–Crippen LogP) is 0.990. The van der Waals surface area contributed by atoms with E-state index in [9.17, 15) is 4.79 Å². The van der Waals surface area contributed by atoms with Crippen molar-refractivity contribution in [3.8, 4) is 0 Å². The van der Waals surface area contributed by atoms with E-state index in [0.29, 0.717) is 30.4 Å². The maximum Gasteiger partial charge on any atom is 0.274 e. The number of aliphatic hydroxyl groups excluding tert-OH is 1. The number of likely N-dealkylation sites (tertiary alicyclic amines) is 1. The minimum absolute atomic E-state index is 0.0711. The smallest absolute Gasteiger partial charge is 0.274 e. The standard InChI is InChI=1S/C14H18N4O2/c15-10-1-2-12-11(7-10)13(17-16-12)14(20)18-5-3-9(8-19)4-6-18/h1-2,7,9,19H,3-6,8,15H2,(H,16,17). The van der Waals surface area contributed by atoms with Crippen LogP contribution in [-0.4, -0.2) is 45.8 Å². The van der Waals surface area contributed by atoms with Gasteiger partial charge in [0, 0.05) is 30.8 Å². The van der Waals surface area contributed by atoms with Gasteiger partial charge in [-0.25, -0.2) is 0 Å². The van der Waals surface area contributed by atoms with E-state index in [1.165, 1.54) is 0 Å². The monoisotopic (exact) mass is 274 g/mol. The number of rotatable bonds is 2. The summed E-state index contributed by atoms with van der Waals surface area (Å²) in [6.07, 6.45) is 1.68. The van der Waals surface area contributed by atoms with Gasteiger partial charge in [-0.1, -0.05) is 0 Å². The van der Waals surface area contributed by atoms with E-state index in [1.807, 2.05) is 6.07 Å². The first-order valence-electron chi connectivity index (χ1n) is 6.83. The number of amides is 1. The Hall–Kier alpha value is -2.08. The van der Waals surface area contributed by atoms with Crippen LogP contribution in [0.2, 0.25) is 0 Å². The molecule has 1 aliphatic rings. The van der Waals surface area contributed by atoms with Crippen LogP contribution in [0.15, 0.2) is 18.2 Å². The van der Waals surface area contributed by atoms with Crippen molar-refractivity contribution in [2.24, 2.45) is 5.92 Å². The molecule has 6 nitrogen and oxygen atoms in total. The number of aromatic nitrogens is 2. The second kappa shape index (κ2) is 5.13. The first-order valence-corrected chi connectivity index (χ1v) is 6.83. The van der Waals surface area contributed by atoms with Gasteiger partial charge < -0.3 is 15.7 Å². The first kappa shape index (κ1) is 12.9. The van der Waals surface area contributed by atoms with Crippen molar-refractivity contribution in [2.75, 3.05) is 25.4 Å². The van der Waals surface area contributed by atoms with E-state index in [4.69, 9.17) is 10.8 Å². The largest absolute Gasteiger partial charge is 0.399 e. The van der Waals surface area contributed by atoms with Gasteiger partial charge in [0.15, 0.2) is 5.69 Å². The minimum atomic E-state index is -0.0711. The number of nitrogens with zero attached hydrogens (tertiary/aromatic N) is 2. The van der Waals surface area contributed by atoms with Crippen LogP contribution < -0.4 is 5.73 Å². The zero-order valence-electron chi connectivity index (χ0n) is 11.2. The number of piperidine rings is 1. The van der Waals surface area contributed by atoms with Gasteiger partial charge in [-0.05, 0) is 37.0 Å². The Balaban J connectivity index is 1.84. The summed E-state index contributed by atoms with van der Waals surface area (Å²) in [5.41, 5.74) is 7.63. The van der Waals surface area contributed by atoms with Gasteiger partial charge in [-0.3, -0.25) is 9.89 Å². The highest BCUT2D eigenvalue weighted by Gasteiger charge is 2.25. The van der Waals surface area contributed by atoms with Crippen LogP contribution in [0.1, 0.15) is 23.3 Å². The number of nitrogen functional groups attached to an aromatic ring is 1. The summed E-state index contributed by atoms with van der Waals surface area (Å²) in [7, 11) is 0. The van der Waals surface area contributed by atoms with Crippen LogP contribution in [0, 0.1) is 5.92 Å². The van der Waals surface area contributed by atoms with Gasteiger partial charge in [0.05, 0.1) is 5.52 Å². The summed E-state index contributed by atoms with van der Waals surface area (Å²) in [6.45, 7) is 1.53. The summed E-state index contributed by atoms with van der Waals surface area (Å²) in [5.74, 6) is 0.240. The van der Waals surface area contributed by atoms with Gasteiger partial charge in [-0.15, -0.1) is 0 Å². The lowest BCUT2D eigenvalue weighted by Gasteiger charge is -2.30. The molecule has 4 N–H and O–H groups in total. The first-order chi connectivity index (χ1) is 9.69. The number of aliphatic hydroxyl groups is 1. The molecule has 0 unspecified atom stereocenters.